The lowest BCUT2D eigenvalue weighted by atomic mass is 9.80. The molecule has 2 unspecified atom stereocenters. The van der Waals surface area contributed by atoms with Crippen LogP contribution in [0.3, 0.4) is 0 Å². The van der Waals surface area contributed by atoms with Crippen molar-refractivity contribution in [2.45, 2.75) is 58.1 Å². The first kappa shape index (κ1) is 16.4. The molecule has 3 heteroatoms. The maximum Gasteiger partial charge on any atom is 0.123 e. The summed E-state index contributed by atoms with van der Waals surface area (Å²) in [5.41, 5.74) is 2.16. The van der Waals surface area contributed by atoms with Crippen molar-refractivity contribution in [2.75, 3.05) is 13.7 Å². The predicted molar refractivity (Wildman–Crippen MR) is 84.9 cm³/mol. The minimum atomic E-state index is -0.168. The zero-order chi connectivity index (χ0) is 15.2. The number of halogens is 1. The van der Waals surface area contributed by atoms with Gasteiger partial charge in [0.1, 0.15) is 5.82 Å². The van der Waals surface area contributed by atoms with E-state index in [-0.39, 0.29) is 18.0 Å². The van der Waals surface area contributed by atoms with Gasteiger partial charge in [0.05, 0.1) is 12.1 Å². The van der Waals surface area contributed by atoms with Gasteiger partial charge < -0.3 is 10.1 Å². The van der Waals surface area contributed by atoms with Gasteiger partial charge in [-0.25, -0.2) is 4.39 Å². The molecule has 1 aromatic carbocycles. The quantitative estimate of drug-likeness (QED) is 0.840. The van der Waals surface area contributed by atoms with Crippen LogP contribution in [0.4, 0.5) is 4.39 Å². The van der Waals surface area contributed by atoms with Crippen LogP contribution >= 0.6 is 0 Å². The van der Waals surface area contributed by atoms with E-state index in [1.165, 1.54) is 32.1 Å². The number of ether oxygens (including phenoxy) is 1. The number of benzene rings is 1. The zero-order valence-corrected chi connectivity index (χ0v) is 13.5. The minimum absolute atomic E-state index is 0.142. The van der Waals surface area contributed by atoms with E-state index in [0.29, 0.717) is 5.92 Å². The molecule has 0 amide bonds. The standard InChI is InChI=1S/C18H28FNO/c1-4-20-17(16-11-10-15(19)12-13(16)2)18(21-3)14-8-6-5-7-9-14/h10-12,14,17-18,20H,4-9H2,1-3H3. The summed E-state index contributed by atoms with van der Waals surface area (Å²) in [4.78, 5) is 0. The summed E-state index contributed by atoms with van der Waals surface area (Å²) in [5.74, 6) is 0.426. The lowest BCUT2D eigenvalue weighted by Gasteiger charge is -2.36. The molecular weight excluding hydrogens is 265 g/mol. The van der Waals surface area contributed by atoms with Crippen LogP contribution in [-0.4, -0.2) is 19.8 Å². The van der Waals surface area contributed by atoms with Gasteiger partial charge in [0.25, 0.3) is 0 Å². The van der Waals surface area contributed by atoms with Crippen molar-refractivity contribution in [3.63, 3.8) is 0 Å². The highest BCUT2D eigenvalue weighted by Crippen LogP contribution is 2.35. The number of likely N-dealkylation sites (N-methyl/N-ethyl adjacent to an activating group) is 1. The van der Waals surface area contributed by atoms with Crippen LogP contribution in [0.1, 0.15) is 56.2 Å². The largest absolute Gasteiger partial charge is 0.379 e. The van der Waals surface area contributed by atoms with Crippen LogP contribution in [0.15, 0.2) is 18.2 Å². The smallest absolute Gasteiger partial charge is 0.123 e. The van der Waals surface area contributed by atoms with Crippen LogP contribution < -0.4 is 5.32 Å². The molecule has 2 rings (SSSR count). The van der Waals surface area contributed by atoms with E-state index in [1.54, 1.807) is 12.1 Å². The highest BCUT2D eigenvalue weighted by atomic mass is 19.1. The van der Waals surface area contributed by atoms with Crippen molar-refractivity contribution in [1.82, 2.24) is 5.32 Å². The van der Waals surface area contributed by atoms with Crippen molar-refractivity contribution in [1.29, 1.82) is 0 Å². The van der Waals surface area contributed by atoms with E-state index in [4.69, 9.17) is 4.74 Å². The minimum Gasteiger partial charge on any atom is -0.379 e. The van der Waals surface area contributed by atoms with E-state index in [2.05, 4.69) is 12.2 Å². The molecule has 2 atom stereocenters. The molecule has 1 aliphatic carbocycles. The molecule has 0 bridgehead atoms. The zero-order valence-electron chi connectivity index (χ0n) is 13.5. The normalized spacial score (nSPS) is 19.4. The van der Waals surface area contributed by atoms with Gasteiger partial charge >= 0.3 is 0 Å². The molecule has 0 aromatic heterocycles. The Hall–Kier alpha value is -0.930. The van der Waals surface area contributed by atoms with E-state index < -0.39 is 0 Å². The van der Waals surface area contributed by atoms with Crippen molar-refractivity contribution < 1.29 is 9.13 Å². The lowest BCUT2D eigenvalue weighted by Crippen LogP contribution is -2.39. The van der Waals surface area contributed by atoms with Crippen LogP contribution in [-0.2, 0) is 4.74 Å². The Kier molecular flexibility index (Phi) is 6.19. The number of methoxy groups -OCH3 is 1. The molecule has 0 saturated heterocycles. The summed E-state index contributed by atoms with van der Waals surface area (Å²) >= 11 is 0. The first-order chi connectivity index (χ1) is 10.2. The number of nitrogens with one attached hydrogen (secondary N) is 1. The molecule has 0 heterocycles. The van der Waals surface area contributed by atoms with Crippen molar-refractivity contribution in [3.8, 4) is 0 Å². The van der Waals surface area contributed by atoms with Gasteiger partial charge in [-0.05, 0) is 55.5 Å². The predicted octanol–water partition coefficient (Wildman–Crippen LogP) is 4.38. The molecular formula is C18H28FNO. The third kappa shape index (κ3) is 4.04. The van der Waals surface area contributed by atoms with E-state index in [1.807, 2.05) is 20.1 Å². The Bertz CT molecular complexity index is 443. The number of hydrogen-bond acceptors (Lipinski definition) is 2. The number of rotatable bonds is 6. The second-order valence-electron chi connectivity index (χ2n) is 6.13. The summed E-state index contributed by atoms with van der Waals surface area (Å²) in [7, 11) is 1.81. The molecule has 1 saturated carbocycles. The molecule has 0 radical (unpaired) electrons. The maximum absolute atomic E-state index is 13.4. The van der Waals surface area contributed by atoms with Gasteiger partial charge in [0, 0.05) is 7.11 Å². The van der Waals surface area contributed by atoms with E-state index in [9.17, 15) is 4.39 Å². The number of aryl methyl sites for hydroxylation is 1. The lowest BCUT2D eigenvalue weighted by molar-refractivity contribution is 0.00775. The highest BCUT2D eigenvalue weighted by molar-refractivity contribution is 5.30. The fraction of sp³-hybridized carbons (Fsp3) is 0.667. The molecule has 0 aliphatic heterocycles. The summed E-state index contributed by atoms with van der Waals surface area (Å²) < 4.78 is 19.3. The Labute approximate surface area is 128 Å². The van der Waals surface area contributed by atoms with Gasteiger partial charge in [-0.3, -0.25) is 0 Å². The fourth-order valence-electron chi connectivity index (χ4n) is 3.67. The van der Waals surface area contributed by atoms with Crippen molar-refractivity contribution in [2.24, 2.45) is 5.92 Å². The van der Waals surface area contributed by atoms with Crippen molar-refractivity contribution in [3.05, 3.63) is 35.1 Å². The third-order valence-corrected chi connectivity index (χ3v) is 4.71. The van der Waals surface area contributed by atoms with Crippen molar-refractivity contribution >= 4 is 0 Å². The summed E-state index contributed by atoms with van der Waals surface area (Å²) in [5, 5.41) is 3.56. The molecule has 1 aromatic rings. The molecule has 2 nitrogen and oxygen atoms in total. The monoisotopic (exact) mass is 293 g/mol. The topological polar surface area (TPSA) is 21.3 Å². The van der Waals surface area contributed by atoms with Crippen LogP contribution in [0.25, 0.3) is 0 Å². The van der Waals surface area contributed by atoms with E-state index in [0.717, 1.165) is 17.7 Å². The van der Waals surface area contributed by atoms with Gasteiger partial charge in [0.15, 0.2) is 0 Å². The molecule has 21 heavy (non-hydrogen) atoms. The van der Waals surface area contributed by atoms with Gasteiger partial charge in [-0.2, -0.15) is 0 Å². The summed E-state index contributed by atoms with van der Waals surface area (Å²) in [6.07, 6.45) is 6.57. The second kappa shape index (κ2) is 7.90. The first-order valence-electron chi connectivity index (χ1n) is 8.19. The average molecular weight is 293 g/mol. The fourth-order valence-corrected chi connectivity index (χ4v) is 3.67. The molecule has 1 fully saturated rings. The van der Waals surface area contributed by atoms with Crippen LogP contribution in [0, 0.1) is 18.7 Å². The SMILES string of the molecule is CCNC(c1ccc(F)cc1C)C(OC)C1CCCCC1. The molecule has 0 spiro atoms. The van der Waals surface area contributed by atoms with Gasteiger partial charge in [-0.15, -0.1) is 0 Å². The summed E-state index contributed by atoms with van der Waals surface area (Å²) in [6, 6.07) is 5.23. The van der Waals surface area contributed by atoms with Crippen LogP contribution in [0.5, 0.6) is 0 Å². The maximum atomic E-state index is 13.4. The Balaban J connectivity index is 2.26. The first-order valence-corrected chi connectivity index (χ1v) is 8.19. The highest BCUT2D eigenvalue weighted by Gasteiger charge is 2.31. The molecule has 1 aliphatic rings. The Morgan fingerprint density at radius 1 is 1.29 bits per heavy atom. The van der Waals surface area contributed by atoms with E-state index >= 15 is 0 Å². The van der Waals surface area contributed by atoms with Gasteiger partial charge in [0.2, 0.25) is 0 Å². The van der Waals surface area contributed by atoms with Crippen LogP contribution in [0.2, 0.25) is 0 Å². The Morgan fingerprint density at radius 3 is 2.57 bits per heavy atom. The number of hydrogen-bond donors (Lipinski definition) is 1. The molecule has 1 N–H and O–H groups in total. The third-order valence-electron chi connectivity index (χ3n) is 4.71. The summed E-state index contributed by atoms with van der Waals surface area (Å²) in [6.45, 7) is 4.98. The molecule has 118 valence electrons. The average Bonchev–Trinajstić information content (AvgIpc) is 2.48. The Morgan fingerprint density at radius 2 is 2.00 bits per heavy atom. The van der Waals surface area contributed by atoms with Gasteiger partial charge in [-0.1, -0.05) is 32.3 Å². The second-order valence-corrected chi connectivity index (χ2v) is 6.13.